The van der Waals surface area contributed by atoms with E-state index in [1.807, 2.05) is 6.92 Å². The Kier molecular flexibility index (Phi) is 5.68. The highest BCUT2D eigenvalue weighted by atomic mass is 32.1. The van der Waals surface area contributed by atoms with Crippen LogP contribution in [-0.2, 0) is 0 Å². The van der Waals surface area contributed by atoms with Crippen LogP contribution in [0.25, 0.3) is 0 Å². The normalized spacial score (nSPS) is 12.9. The second-order valence-electron chi connectivity index (χ2n) is 5.59. The number of alkyl halides is 2. The SMILES string of the molecule is C[C@H](NC(=S)Nc1cccc(OC(F)F)c1)C(C)(C)C. The Morgan fingerprint density at radius 1 is 1.30 bits per heavy atom. The number of hydrogen-bond donors (Lipinski definition) is 2. The highest BCUT2D eigenvalue weighted by Gasteiger charge is 2.20. The molecular formula is C14H20F2N2OS. The van der Waals surface area contributed by atoms with Crippen LogP contribution in [0, 0.1) is 5.41 Å². The molecule has 112 valence electrons. The molecule has 0 radical (unpaired) electrons. The number of rotatable bonds is 4. The topological polar surface area (TPSA) is 33.3 Å². The fraction of sp³-hybridized carbons (Fsp3) is 0.500. The van der Waals surface area contributed by atoms with Crippen LogP contribution in [0.4, 0.5) is 14.5 Å². The van der Waals surface area contributed by atoms with E-state index in [1.54, 1.807) is 12.1 Å². The lowest BCUT2D eigenvalue weighted by atomic mass is 9.88. The van der Waals surface area contributed by atoms with Crippen molar-refractivity contribution in [3.05, 3.63) is 24.3 Å². The summed E-state index contributed by atoms with van der Waals surface area (Å²) in [6, 6.07) is 6.46. The Labute approximate surface area is 123 Å². The van der Waals surface area contributed by atoms with Crippen molar-refractivity contribution in [1.29, 1.82) is 0 Å². The van der Waals surface area contributed by atoms with Gasteiger partial charge in [-0.1, -0.05) is 26.8 Å². The third-order valence-electron chi connectivity index (χ3n) is 2.96. The van der Waals surface area contributed by atoms with Gasteiger partial charge in [-0.25, -0.2) is 0 Å². The van der Waals surface area contributed by atoms with Gasteiger partial charge in [-0.15, -0.1) is 0 Å². The molecule has 0 heterocycles. The number of nitrogens with one attached hydrogen (secondary N) is 2. The molecule has 1 rings (SSSR count). The molecule has 1 aromatic carbocycles. The van der Waals surface area contributed by atoms with Crippen LogP contribution < -0.4 is 15.4 Å². The summed E-state index contributed by atoms with van der Waals surface area (Å²) in [5.41, 5.74) is 0.661. The van der Waals surface area contributed by atoms with Gasteiger partial charge < -0.3 is 15.4 Å². The summed E-state index contributed by atoms with van der Waals surface area (Å²) in [6.45, 7) is 5.50. The van der Waals surface area contributed by atoms with Crippen molar-refractivity contribution in [2.24, 2.45) is 5.41 Å². The molecule has 6 heteroatoms. The predicted molar refractivity (Wildman–Crippen MR) is 81.3 cm³/mol. The Bertz CT molecular complexity index is 461. The van der Waals surface area contributed by atoms with Gasteiger partial charge >= 0.3 is 6.61 Å². The third kappa shape index (κ3) is 5.69. The van der Waals surface area contributed by atoms with Gasteiger partial charge in [0.1, 0.15) is 5.75 Å². The molecule has 0 aliphatic heterocycles. The summed E-state index contributed by atoms with van der Waals surface area (Å²) < 4.78 is 28.6. The monoisotopic (exact) mass is 302 g/mol. The zero-order valence-electron chi connectivity index (χ0n) is 12.0. The van der Waals surface area contributed by atoms with E-state index in [2.05, 4.69) is 36.1 Å². The molecule has 0 amide bonds. The quantitative estimate of drug-likeness (QED) is 0.823. The number of halogens is 2. The van der Waals surface area contributed by atoms with E-state index in [1.165, 1.54) is 12.1 Å². The molecule has 0 saturated heterocycles. The van der Waals surface area contributed by atoms with Crippen molar-refractivity contribution in [1.82, 2.24) is 5.32 Å². The first kappa shape index (κ1) is 16.6. The zero-order chi connectivity index (χ0) is 15.3. The molecule has 0 spiro atoms. The highest BCUT2D eigenvalue weighted by Crippen LogP contribution is 2.20. The molecule has 1 aromatic rings. The van der Waals surface area contributed by atoms with Gasteiger partial charge in [-0.3, -0.25) is 0 Å². The van der Waals surface area contributed by atoms with Crippen molar-refractivity contribution in [3.8, 4) is 5.75 Å². The Balaban J connectivity index is 2.62. The minimum Gasteiger partial charge on any atom is -0.435 e. The van der Waals surface area contributed by atoms with Gasteiger partial charge in [-0.2, -0.15) is 8.78 Å². The fourth-order valence-corrected chi connectivity index (χ4v) is 1.62. The minimum absolute atomic E-state index is 0.0619. The molecule has 0 bridgehead atoms. The number of benzene rings is 1. The van der Waals surface area contributed by atoms with Crippen molar-refractivity contribution >= 4 is 23.0 Å². The van der Waals surface area contributed by atoms with Gasteiger partial charge in [0.2, 0.25) is 0 Å². The second-order valence-corrected chi connectivity index (χ2v) is 6.00. The summed E-state index contributed by atoms with van der Waals surface area (Å²) in [6.07, 6.45) is 0. The van der Waals surface area contributed by atoms with Gasteiger partial charge in [0.25, 0.3) is 0 Å². The summed E-state index contributed by atoms with van der Waals surface area (Å²) in [5, 5.41) is 6.56. The molecule has 1 atom stereocenters. The average Bonchev–Trinajstić information content (AvgIpc) is 2.26. The Morgan fingerprint density at radius 3 is 2.50 bits per heavy atom. The van der Waals surface area contributed by atoms with Crippen LogP contribution in [0.2, 0.25) is 0 Å². The van der Waals surface area contributed by atoms with Gasteiger partial charge in [0.15, 0.2) is 5.11 Å². The van der Waals surface area contributed by atoms with Gasteiger partial charge in [0, 0.05) is 17.8 Å². The first-order valence-corrected chi connectivity index (χ1v) is 6.71. The lowest BCUT2D eigenvalue weighted by Gasteiger charge is -2.29. The number of hydrogen-bond acceptors (Lipinski definition) is 2. The second kappa shape index (κ2) is 6.83. The van der Waals surface area contributed by atoms with E-state index in [0.29, 0.717) is 10.8 Å². The first-order chi connectivity index (χ1) is 9.18. The summed E-state index contributed by atoms with van der Waals surface area (Å²) >= 11 is 5.20. The zero-order valence-corrected chi connectivity index (χ0v) is 12.9. The summed E-state index contributed by atoms with van der Waals surface area (Å²) in [5.74, 6) is 0.0941. The predicted octanol–water partition coefficient (Wildman–Crippen LogP) is 4.01. The van der Waals surface area contributed by atoms with Gasteiger partial charge in [0.05, 0.1) is 0 Å². The van der Waals surface area contributed by atoms with E-state index in [4.69, 9.17) is 12.2 Å². The van der Waals surface area contributed by atoms with Crippen LogP contribution in [0.1, 0.15) is 27.7 Å². The molecular weight excluding hydrogens is 282 g/mol. The van der Waals surface area contributed by atoms with Gasteiger partial charge in [-0.05, 0) is 36.7 Å². The number of thiocarbonyl (C=S) groups is 1. The van der Waals surface area contributed by atoms with Crippen LogP contribution in [0.5, 0.6) is 5.75 Å². The summed E-state index contributed by atoms with van der Waals surface area (Å²) in [4.78, 5) is 0. The highest BCUT2D eigenvalue weighted by molar-refractivity contribution is 7.80. The number of ether oxygens (including phenoxy) is 1. The maximum absolute atomic E-state index is 12.1. The van der Waals surface area contributed by atoms with Crippen molar-refractivity contribution in [3.63, 3.8) is 0 Å². The molecule has 3 nitrogen and oxygen atoms in total. The van der Waals surface area contributed by atoms with E-state index in [0.717, 1.165) is 0 Å². The molecule has 20 heavy (non-hydrogen) atoms. The van der Waals surface area contributed by atoms with Crippen molar-refractivity contribution < 1.29 is 13.5 Å². The van der Waals surface area contributed by atoms with Crippen LogP contribution >= 0.6 is 12.2 Å². The molecule has 0 aliphatic carbocycles. The molecule has 0 aliphatic rings. The molecule has 0 saturated carbocycles. The Hall–Kier alpha value is -1.43. The maximum Gasteiger partial charge on any atom is 0.387 e. The first-order valence-electron chi connectivity index (χ1n) is 6.31. The largest absolute Gasteiger partial charge is 0.435 e. The van der Waals surface area contributed by atoms with Crippen LogP contribution in [0.15, 0.2) is 24.3 Å². The van der Waals surface area contributed by atoms with Crippen LogP contribution in [0.3, 0.4) is 0 Å². The molecule has 2 N–H and O–H groups in total. The molecule has 0 fully saturated rings. The van der Waals surface area contributed by atoms with Crippen molar-refractivity contribution in [2.75, 3.05) is 5.32 Å². The maximum atomic E-state index is 12.1. The lowest BCUT2D eigenvalue weighted by Crippen LogP contribution is -2.43. The minimum atomic E-state index is -2.84. The standard InChI is InChI=1S/C14H20F2N2OS/c1-9(14(2,3)4)17-13(20)18-10-6-5-7-11(8-10)19-12(15)16/h5-9,12H,1-4H3,(H2,17,18,20)/t9-/m0/s1. The van der Waals surface area contributed by atoms with E-state index in [9.17, 15) is 8.78 Å². The third-order valence-corrected chi connectivity index (χ3v) is 3.18. The Morgan fingerprint density at radius 2 is 1.95 bits per heavy atom. The lowest BCUT2D eigenvalue weighted by molar-refractivity contribution is -0.0497. The fourth-order valence-electron chi connectivity index (χ4n) is 1.33. The average molecular weight is 302 g/mol. The summed E-state index contributed by atoms with van der Waals surface area (Å²) in [7, 11) is 0. The smallest absolute Gasteiger partial charge is 0.387 e. The molecule has 0 unspecified atom stereocenters. The van der Waals surface area contributed by atoms with E-state index in [-0.39, 0.29) is 17.2 Å². The molecule has 0 aromatic heterocycles. The number of anilines is 1. The van der Waals surface area contributed by atoms with E-state index >= 15 is 0 Å². The van der Waals surface area contributed by atoms with E-state index < -0.39 is 6.61 Å². The van der Waals surface area contributed by atoms with Crippen LogP contribution in [-0.4, -0.2) is 17.8 Å². The van der Waals surface area contributed by atoms with Crippen molar-refractivity contribution in [2.45, 2.75) is 40.3 Å².